The largest absolute Gasteiger partial charge is 0.480 e. The number of hydrogen-bond acceptors (Lipinski definition) is 3. The first-order valence-corrected chi connectivity index (χ1v) is 17.2. The van der Waals surface area contributed by atoms with Gasteiger partial charge in [-0.1, -0.05) is 72.0 Å². The van der Waals surface area contributed by atoms with Crippen LogP contribution < -0.4 is 0 Å². The molecule has 0 N–H and O–H groups in total. The summed E-state index contributed by atoms with van der Waals surface area (Å²) in [5.41, 5.74) is 2.84. The number of hydrogen-bond donors (Lipinski definition) is 0. The smallest absolute Gasteiger partial charge is 0.301 e. The van der Waals surface area contributed by atoms with E-state index in [4.69, 9.17) is 4.74 Å². The zero-order valence-electron chi connectivity index (χ0n) is 28.3. The third kappa shape index (κ3) is 9.69. The second-order valence-corrected chi connectivity index (χ2v) is 14.9. The maximum Gasteiger partial charge on any atom is 0.301 e. The van der Waals surface area contributed by atoms with Crippen LogP contribution in [-0.2, 0) is 47.0 Å². The van der Waals surface area contributed by atoms with Crippen molar-refractivity contribution in [3.8, 4) is 0 Å². The van der Waals surface area contributed by atoms with E-state index in [1.165, 1.54) is 90.4 Å². The molecular formula is C38H64O3Y-2. The van der Waals surface area contributed by atoms with Gasteiger partial charge in [0.25, 0.3) is 0 Å². The Kier molecular flexibility index (Phi) is 16.4. The predicted molar refractivity (Wildman–Crippen MR) is 173 cm³/mol. The van der Waals surface area contributed by atoms with E-state index in [0.29, 0.717) is 23.5 Å². The van der Waals surface area contributed by atoms with Crippen LogP contribution in [0.1, 0.15) is 131 Å². The van der Waals surface area contributed by atoms with Gasteiger partial charge in [0.05, 0.1) is 6.10 Å². The molecule has 0 bridgehead atoms. The summed E-state index contributed by atoms with van der Waals surface area (Å²) in [6.45, 7) is 22.8. The van der Waals surface area contributed by atoms with Crippen LogP contribution in [0.25, 0.3) is 0 Å². The number of allylic oxidation sites excluding steroid dienone is 2. The van der Waals surface area contributed by atoms with Crippen molar-refractivity contribution in [1.29, 1.82) is 0 Å². The summed E-state index contributed by atoms with van der Waals surface area (Å²) in [4.78, 5) is 10.0. The second kappa shape index (κ2) is 18.1. The Morgan fingerprint density at radius 1 is 1.05 bits per heavy atom. The fourth-order valence-electron chi connectivity index (χ4n) is 9.56. The van der Waals surface area contributed by atoms with Crippen molar-refractivity contribution in [1.82, 2.24) is 0 Å². The number of esters is 1. The standard InChI is InChI=1S/C32H55O.C6H9O2.Y/c1-7-8-9-21-33-26-17-19-31(5)25(22-26)13-14-27-29-16-15-28(24(4)12-10-11-23(2)3)32(29,6)20-18-30(27)31;1-3-4-5-8-6(2)7;/h13,23-24,26-30H,1,7-12,14-22H2,2-6H3;3-4H,1,5H2,2H3;/q2*-1;/b;4-3-;/t24-,26+,27?,28-,29?,30?,31+,32-;;/m1../s1. The average molecular weight is 658 g/mol. The normalized spacial score (nSPS) is 34.3. The molecule has 1 radical (unpaired) electrons. The Bertz CT molecular complexity index is 864. The van der Waals surface area contributed by atoms with Crippen molar-refractivity contribution in [3.63, 3.8) is 0 Å². The fraction of sp³-hybridized carbons (Fsp3) is 0.816. The van der Waals surface area contributed by atoms with E-state index in [1.807, 2.05) is 0 Å². The summed E-state index contributed by atoms with van der Waals surface area (Å²) in [7, 11) is 0. The van der Waals surface area contributed by atoms with Crippen molar-refractivity contribution >= 4 is 5.97 Å². The zero-order chi connectivity index (χ0) is 30.0. The molecule has 4 rings (SSSR count). The minimum absolute atomic E-state index is 0. The quantitative estimate of drug-likeness (QED) is 0.0907. The third-order valence-corrected chi connectivity index (χ3v) is 11.8. The van der Waals surface area contributed by atoms with E-state index in [2.05, 4.69) is 59.3 Å². The molecule has 8 atom stereocenters. The number of ether oxygens (including phenoxy) is 2. The van der Waals surface area contributed by atoms with E-state index in [9.17, 15) is 4.79 Å². The average Bonchev–Trinajstić information content (AvgIpc) is 3.28. The Morgan fingerprint density at radius 3 is 2.48 bits per heavy atom. The first-order chi connectivity index (χ1) is 19.6. The maximum atomic E-state index is 10.0. The fourth-order valence-corrected chi connectivity index (χ4v) is 9.56. The van der Waals surface area contributed by atoms with Gasteiger partial charge in [-0.05, 0) is 104 Å². The van der Waals surface area contributed by atoms with E-state index in [0.717, 1.165) is 48.5 Å². The molecule has 0 aromatic rings. The van der Waals surface area contributed by atoms with Crippen LogP contribution >= 0.6 is 0 Å². The molecule has 0 spiro atoms. The molecule has 0 heterocycles. The van der Waals surface area contributed by atoms with E-state index in [-0.39, 0.29) is 38.7 Å². The molecule has 0 aromatic carbocycles. The van der Waals surface area contributed by atoms with Crippen molar-refractivity contribution in [2.24, 2.45) is 46.3 Å². The van der Waals surface area contributed by atoms with Gasteiger partial charge in [-0.15, -0.1) is 0 Å². The number of carbonyl (C=O) groups excluding carboxylic acids is 1. The van der Waals surface area contributed by atoms with E-state index >= 15 is 0 Å². The van der Waals surface area contributed by atoms with Crippen molar-refractivity contribution < 1.29 is 47.0 Å². The summed E-state index contributed by atoms with van der Waals surface area (Å²) < 4.78 is 10.8. The molecule has 239 valence electrons. The Balaban J connectivity index is 0.000000603. The zero-order valence-corrected chi connectivity index (χ0v) is 31.1. The Hall–Kier alpha value is -0.116. The number of rotatable bonds is 12. The molecule has 3 saturated carbocycles. The minimum atomic E-state index is -0.261. The van der Waals surface area contributed by atoms with Crippen LogP contribution in [0.3, 0.4) is 0 Å². The van der Waals surface area contributed by atoms with Crippen LogP contribution in [0, 0.1) is 60.2 Å². The topological polar surface area (TPSA) is 35.5 Å². The summed E-state index contributed by atoms with van der Waals surface area (Å²) in [5, 5.41) is 0. The number of carbonyl (C=O) groups is 1. The second-order valence-electron chi connectivity index (χ2n) is 14.9. The molecule has 0 saturated heterocycles. The molecule has 3 fully saturated rings. The van der Waals surface area contributed by atoms with Crippen LogP contribution in [0.15, 0.2) is 23.8 Å². The monoisotopic (exact) mass is 657 g/mol. The predicted octanol–water partition coefficient (Wildman–Crippen LogP) is 10.4. The molecule has 0 aromatic heterocycles. The molecule has 3 nitrogen and oxygen atoms in total. The minimum Gasteiger partial charge on any atom is -0.480 e. The van der Waals surface area contributed by atoms with Gasteiger partial charge in [0.15, 0.2) is 0 Å². The summed E-state index contributed by atoms with van der Waals surface area (Å²) in [5.74, 6) is 5.33. The molecule has 0 aliphatic heterocycles. The molecule has 3 unspecified atom stereocenters. The Morgan fingerprint density at radius 2 is 1.81 bits per heavy atom. The van der Waals surface area contributed by atoms with Gasteiger partial charge in [-0.25, -0.2) is 13.0 Å². The maximum absolute atomic E-state index is 10.0. The molecule has 4 heteroatoms. The first-order valence-electron chi connectivity index (χ1n) is 17.2. The SMILES string of the molecule is [CH2-]/C=C\COC(C)=O.[CH2-]CCCCO[C@H]1CC[C@@]2(C)C(=CCC3C2CC[C@@]2(C)C3CC[C@@H]2[C@H](C)CCCC(C)C)C1.[Y]. The van der Waals surface area contributed by atoms with Crippen LogP contribution in [0.4, 0.5) is 0 Å². The van der Waals surface area contributed by atoms with E-state index in [1.54, 1.807) is 17.7 Å². The molecule has 0 amide bonds. The Labute approximate surface area is 286 Å². The van der Waals surface area contributed by atoms with Gasteiger partial charge in [-0.2, -0.15) is 12.5 Å². The van der Waals surface area contributed by atoms with E-state index < -0.39 is 0 Å². The summed E-state index contributed by atoms with van der Waals surface area (Å²) >= 11 is 0. The van der Waals surface area contributed by atoms with Crippen LogP contribution in [0.2, 0.25) is 0 Å². The third-order valence-electron chi connectivity index (χ3n) is 11.8. The number of fused-ring (bicyclic) bond motifs is 5. The van der Waals surface area contributed by atoms with Gasteiger partial charge < -0.3 is 16.4 Å². The molecule has 4 aliphatic carbocycles. The van der Waals surface area contributed by atoms with Crippen LogP contribution in [-0.4, -0.2) is 25.3 Å². The summed E-state index contributed by atoms with van der Waals surface area (Å²) in [6, 6.07) is 0. The van der Waals surface area contributed by atoms with Crippen molar-refractivity contribution in [3.05, 3.63) is 37.6 Å². The summed E-state index contributed by atoms with van der Waals surface area (Å²) in [6.07, 6.45) is 25.4. The van der Waals surface area contributed by atoms with Gasteiger partial charge in [0, 0.05) is 52.8 Å². The van der Waals surface area contributed by atoms with Crippen molar-refractivity contribution in [2.45, 2.75) is 138 Å². The van der Waals surface area contributed by atoms with Crippen LogP contribution in [0.5, 0.6) is 0 Å². The van der Waals surface area contributed by atoms with Gasteiger partial charge in [0.1, 0.15) is 0 Å². The molecule has 42 heavy (non-hydrogen) atoms. The molecular weight excluding hydrogens is 593 g/mol. The first kappa shape index (κ1) is 38.1. The van der Waals surface area contributed by atoms with Gasteiger partial charge in [0.2, 0.25) is 0 Å². The van der Waals surface area contributed by atoms with Gasteiger partial charge in [-0.3, -0.25) is 4.79 Å². The van der Waals surface area contributed by atoms with Crippen molar-refractivity contribution in [2.75, 3.05) is 13.2 Å². The molecule has 4 aliphatic rings. The van der Waals surface area contributed by atoms with Gasteiger partial charge >= 0.3 is 5.97 Å². The number of unbranched alkanes of at least 4 members (excludes halogenated alkanes) is 2.